The Bertz CT molecular complexity index is 124. The maximum atomic E-state index is 5.43. The number of nitrogens with one attached hydrogen (secondary N) is 1. The van der Waals surface area contributed by atoms with Crippen LogP contribution in [0.1, 0.15) is 19.3 Å². The van der Waals surface area contributed by atoms with E-state index in [1.165, 1.54) is 31.6 Å². The van der Waals surface area contributed by atoms with Crippen LogP contribution >= 0.6 is 11.8 Å². The van der Waals surface area contributed by atoms with Gasteiger partial charge in [-0.05, 0) is 19.3 Å². The first-order valence-electron chi connectivity index (χ1n) is 4.38. The molecule has 0 bridgehead atoms. The summed E-state index contributed by atoms with van der Waals surface area (Å²) >= 11 is 2.09. The Balaban J connectivity index is 1.97. The van der Waals surface area contributed by atoms with E-state index in [4.69, 9.17) is 4.74 Å². The van der Waals surface area contributed by atoms with Gasteiger partial charge in [-0.3, -0.25) is 0 Å². The molecule has 0 aromatic rings. The van der Waals surface area contributed by atoms with Gasteiger partial charge in [0.2, 0.25) is 0 Å². The molecule has 1 unspecified atom stereocenters. The largest absolute Gasteiger partial charge is 0.381 e. The third-order valence-electron chi connectivity index (χ3n) is 2.45. The summed E-state index contributed by atoms with van der Waals surface area (Å²) in [5, 5.41) is 3.59. The summed E-state index contributed by atoms with van der Waals surface area (Å²) in [4.78, 5) is 0.399. The highest BCUT2D eigenvalue weighted by Crippen LogP contribution is 2.36. The van der Waals surface area contributed by atoms with Crippen LogP contribution in [0, 0.1) is 0 Å². The molecular weight excluding hydrogens is 158 g/mol. The SMILES string of the molecule is C1COCCC2(C1)NCCS2. The lowest BCUT2D eigenvalue weighted by Gasteiger charge is -2.25. The van der Waals surface area contributed by atoms with Crippen molar-refractivity contribution >= 4 is 11.8 Å². The van der Waals surface area contributed by atoms with Gasteiger partial charge >= 0.3 is 0 Å². The Morgan fingerprint density at radius 3 is 3.09 bits per heavy atom. The molecule has 0 amide bonds. The summed E-state index contributed by atoms with van der Waals surface area (Å²) < 4.78 is 5.43. The molecule has 0 aromatic heterocycles. The molecule has 1 spiro atoms. The van der Waals surface area contributed by atoms with Crippen molar-refractivity contribution < 1.29 is 4.74 Å². The molecule has 2 aliphatic heterocycles. The third-order valence-corrected chi connectivity index (χ3v) is 3.96. The monoisotopic (exact) mass is 173 g/mol. The minimum Gasteiger partial charge on any atom is -0.381 e. The van der Waals surface area contributed by atoms with Gasteiger partial charge in [0, 0.05) is 25.5 Å². The first kappa shape index (κ1) is 7.90. The summed E-state index contributed by atoms with van der Waals surface area (Å²) in [6.45, 7) is 3.09. The molecule has 3 heteroatoms. The number of hydrogen-bond donors (Lipinski definition) is 1. The van der Waals surface area contributed by atoms with E-state index in [0.717, 1.165) is 13.2 Å². The van der Waals surface area contributed by atoms with E-state index in [2.05, 4.69) is 17.1 Å². The zero-order valence-corrected chi connectivity index (χ0v) is 7.58. The lowest BCUT2D eigenvalue weighted by atomic mass is 10.1. The van der Waals surface area contributed by atoms with Crippen molar-refractivity contribution in [1.82, 2.24) is 5.32 Å². The van der Waals surface area contributed by atoms with Crippen LogP contribution in [0.5, 0.6) is 0 Å². The summed E-state index contributed by atoms with van der Waals surface area (Å²) in [7, 11) is 0. The smallest absolute Gasteiger partial charge is 0.0668 e. The molecule has 2 heterocycles. The zero-order valence-electron chi connectivity index (χ0n) is 6.77. The molecule has 2 rings (SSSR count). The molecular formula is C8H15NOS. The normalized spacial score (nSPS) is 39.3. The molecule has 0 aliphatic carbocycles. The van der Waals surface area contributed by atoms with Gasteiger partial charge in [0.05, 0.1) is 4.87 Å². The van der Waals surface area contributed by atoms with E-state index in [1.807, 2.05) is 0 Å². The summed E-state index contributed by atoms with van der Waals surface area (Å²) in [5.41, 5.74) is 0. The predicted octanol–water partition coefficient (Wildman–Crippen LogP) is 1.22. The average Bonchev–Trinajstić information content (AvgIpc) is 2.32. The minimum atomic E-state index is 0.399. The van der Waals surface area contributed by atoms with Crippen LogP contribution in [0.4, 0.5) is 0 Å². The molecule has 1 N–H and O–H groups in total. The number of hydrogen-bond acceptors (Lipinski definition) is 3. The Kier molecular flexibility index (Phi) is 2.39. The molecule has 11 heavy (non-hydrogen) atoms. The van der Waals surface area contributed by atoms with E-state index >= 15 is 0 Å². The van der Waals surface area contributed by atoms with Crippen molar-refractivity contribution in [3.05, 3.63) is 0 Å². The topological polar surface area (TPSA) is 21.3 Å². The Hall–Kier alpha value is 0.270. The highest BCUT2D eigenvalue weighted by Gasteiger charge is 2.34. The van der Waals surface area contributed by atoms with Gasteiger partial charge < -0.3 is 10.1 Å². The lowest BCUT2D eigenvalue weighted by Crippen LogP contribution is -2.37. The van der Waals surface area contributed by atoms with Crippen molar-refractivity contribution in [1.29, 1.82) is 0 Å². The molecule has 0 radical (unpaired) electrons. The van der Waals surface area contributed by atoms with Crippen molar-refractivity contribution in [2.24, 2.45) is 0 Å². The zero-order chi connectivity index (χ0) is 7.57. The highest BCUT2D eigenvalue weighted by molar-refractivity contribution is 8.00. The minimum absolute atomic E-state index is 0.399. The second kappa shape index (κ2) is 3.33. The van der Waals surface area contributed by atoms with Crippen molar-refractivity contribution in [2.45, 2.75) is 24.1 Å². The van der Waals surface area contributed by atoms with E-state index in [9.17, 15) is 0 Å². The van der Waals surface area contributed by atoms with E-state index in [-0.39, 0.29) is 0 Å². The molecule has 2 aliphatic rings. The van der Waals surface area contributed by atoms with Crippen molar-refractivity contribution in [3.63, 3.8) is 0 Å². The quantitative estimate of drug-likeness (QED) is 0.595. The van der Waals surface area contributed by atoms with Crippen LogP contribution in [0.15, 0.2) is 0 Å². The van der Waals surface area contributed by atoms with Gasteiger partial charge in [-0.15, -0.1) is 11.8 Å². The number of thioether (sulfide) groups is 1. The summed E-state index contributed by atoms with van der Waals surface area (Å²) in [6, 6.07) is 0. The van der Waals surface area contributed by atoms with Gasteiger partial charge in [0.15, 0.2) is 0 Å². The second-order valence-electron chi connectivity index (χ2n) is 3.24. The number of ether oxygens (including phenoxy) is 1. The highest BCUT2D eigenvalue weighted by atomic mass is 32.2. The molecule has 64 valence electrons. The number of rotatable bonds is 0. The van der Waals surface area contributed by atoms with Crippen LogP contribution in [0.2, 0.25) is 0 Å². The summed E-state index contributed by atoms with van der Waals surface area (Å²) in [5.74, 6) is 1.28. The van der Waals surface area contributed by atoms with Crippen LogP contribution in [0.25, 0.3) is 0 Å². The molecule has 2 saturated heterocycles. The van der Waals surface area contributed by atoms with Crippen molar-refractivity contribution in [3.8, 4) is 0 Å². The molecule has 1 atom stereocenters. The van der Waals surface area contributed by atoms with E-state index < -0.39 is 0 Å². The van der Waals surface area contributed by atoms with Crippen LogP contribution in [-0.2, 0) is 4.74 Å². The first-order valence-corrected chi connectivity index (χ1v) is 5.37. The fourth-order valence-corrected chi connectivity index (χ4v) is 3.14. The molecule has 0 aromatic carbocycles. The van der Waals surface area contributed by atoms with Gasteiger partial charge in [-0.25, -0.2) is 0 Å². The molecule has 2 nitrogen and oxygen atoms in total. The molecule has 0 saturated carbocycles. The third kappa shape index (κ3) is 1.71. The van der Waals surface area contributed by atoms with Gasteiger partial charge in [0.25, 0.3) is 0 Å². The molecule has 2 fully saturated rings. The lowest BCUT2D eigenvalue weighted by molar-refractivity contribution is 0.142. The Labute approximate surface area is 72.1 Å². The first-order chi connectivity index (χ1) is 5.41. The van der Waals surface area contributed by atoms with E-state index in [0.29, 0.717) is 4.87 Å². The van der Waals surface area contributed by atoms with Crippen LogP contribution < -0.4 is 5.32 Å². The standard InChI is InChI=1S/C8H15NOS/c1-2-8(3-6-10-5-1)9-4-7-11-8/h9H,1-7H2. The average molecular weight is 173 g/mol. The van der Waals surface area contributed by atoms with Gasteiger partial charge in [0.1, 0.15) is 0 Å². The fourth-order valence-electron chi connectivity index (χ4n) is 1.82. The van der Waals surface area contributed by atoms with Crippen LogP contribution in [0.3, 0.4) is 0 Å². The van der Waals surface area contributed by atoms with Gasteiger partial charge in [-0.1, -0.05) is 0 Å². The Morgan fingerprint density at radius 2 is 2.27 bits per heavy atom. The van der Waals surface area contributed by atoms with Gasteiger partial charge in [-0.2, -0.15) is 0 Å². The predicted molar refractivity (Wildman–Crippen MR) is 47.9 cm³/mol. The summed E-state index contributed by atoms with van der Waals surface area (Å²) in [6.07, 6.45) is 3.70. The van der Waals surface area contributed by atoms with E-state index in [1.54, 1.807) is 0 Å². The van der Waals surface area contributed by atoms with Crippen LogP contribution in [-0.4, -0.2) is 30.4 Å². The Morgan fingerprint density at radius 1 is 1.27 bits per heavy atom. The fraction of sp³-hybridized carbons (Fsp3) is 1.00. The maximum Gasteiger partial charge on any atom is 0.0668 e. The maximum absolute atomic E-state index is 5.43. The second-order valence-corrected chi connectivity index (χ2v) is 4.71. The van der Waals surface area contributed by atoms with Crippen molar-refractivity contribution in [2.75, 3.05) is 25.5 Å².